The number of carbonyl (C=O) groups excluding carboxylic acids is 2. The first-order valence-electron chi connectivity index (χ1n) is 11.9. The fourth-order valence-electron chi connectivity index (χ4n) is 3.78. The van der Waals surface area contributed by atoms with Crippen LogP contribution >= 0.6 is 11.8 Å². The van der Waals surface area contributed by atoms with Crippen LogP contribution in [0.3, 0.4) is 0 Å². The number of hydrogen-bond donors (Lipinski definition) is 2. The number of aromatic nitrogens is 3. The van der Waals surface area contributed by atoms with E-state index in [0.29, 0.717) is 33.7 Å². The highest BCUT2D eigenvalue weighted by atomic mass is 32.2. The first-order valence-corrected chi connectivity index (χ1v) is 12.9. The van der Waals surface area contributed by atoms with Gasteiger partial charge in [0, 0.05) is 11.3 Å². The van der Waals surface area contributed by atoms with Gasteiger partial charge in [0.2, 0.25) is 5.91 Å². The van der Waals surface area contributed by atoms with Gasteiger partial charge in [-0.2, -0.15) is 0 Å². The van der Waals surface area contributed by atoms with Gasteiger partial charge in [-0.3, -0.25) is 14.2 Å². The van der Waals surface area contributed by atoms with E-state index in [9.17, 15) is 9.59 Å². The number of methoxy groups -OCH3 is 2. The number of benzene rings is 3. The molecule has 0 aliphatic heterocycles. The highest BCUT2D eigenvalue weighted by Crippen LogP contribution is 2.29. The van der Waals surface area contributed by atoms with E-state index in [2.05, 4.69) is 20.8 Å². The predicted octanol–water partition coefficient (Wildman–Crippen LogP) is 4.56. The maximum absolute atomic E-state index is 12.8. The lowest BCUT2D eigenvalue weighted by molar-refractivity contribution is -0.113. The Kier molecular flexibility index (Phi) is 8.65. The number of hydrogen-bond acceptors (Lipinski definition) is 7. The van der Waals surface area contributed by atoms with E-state index in [1.807, 2.05) is 56.3 Å². The zero-order valence-electron chi connectivity index (χ0n) is 21.6. The SMILES string of the molecule is COc1cccc(C(=O)NCc2nnc(SCC(=O)Nc3cc(C)ccc3C)n2-c2ccccc2OC)c1. The minimum atomic E-state index is -0.277. The van der Waals surface area contributed by atoms with Crippen LogP contribution in [-0.4, -0.2) is 46.6 Å². The highest BCUT2D eigenvalue weighted by Gasteiger charge is 2.20. The first kappa shape index (κ1) is 26.7. The molecule has 4 rings (SSSR count). The second kappa shape index (κ2) is 12.3. The van der Waals surface area contributed by atoms with Gasteiger partial charge in [-0.15, -0.1) is 10.2 Å². The highest BCUT2D eigenvalue weighted by molar-refractivity contribution is 7.99. The molecule has 0 fully saturated rings. The van der Waals surface area contributed by atoms with E-state index in [0.717, 1.165) is 16.8 Å². The third-order valence-corrected chi connectivity index (χ3v) is 6.69. The number of para-hydroxylation sites is 2. The molecular weight excluding hydrogens is 502 g/mol. The second-order valence-electron chi connectivity index (χ2n) is 8.48. The molecule has 0 radical (unpaired) electrons. The standard InChI is InChI=1S/C28H29N5O4S/c1-18-12-13-19(2)22(14-18)30-26(34)17-38-28-32-31-25(33(28)23-10-5-6-11-24(23)37-4)16-29-27(35)20-8-7-9-21(15-20)36-3/h5-15H,16-17H2,1-4H3,(H,29,35)(H,30,34). The third-order valence-electron chi connectivity index (χ3n) is 5.76. The summed E-state index contributed by atoms with van der Waals surface area (Å²) in [5.74, 6) is 1.37. The molecule has 196 valence electrons. The number of nitrogens with zero attached hydrogens (tertiary/aromatic N) is 3. The van der Waals surface area contributed by atoms with Crippen LogP contribution in [-0.2, 0) is 11.3 Å². The Morgan fingerprint density at radius 2 is 1.76 bits per heavy atom. The summed E-state index contributed by atoms with van der Waals surface area (Å²) in [7, 11) is 3.13. The first-order chi connectivity index (χ1) is 18.4. The van der Waals surface area contributed by atoms with Crippen LogP contribution in [0.15, 0.2) is 71.9 Å². The summed E-state index contributed by atoms with van der Waals surface area (Å²) >= 11 is 1.25. The molecule has 0 bridgehead atoms. The molecule has 0 aliphatic carbocycles. The molecule has 0 saturated heterocycles. The van der Waals surface area contributed by atoms with Gasteiger partial charge < -0.3 is 20.1 Å². The van der Waals surface area contributed by atoms with Crippen molar-refractivity contribution >= 4 is 29.3 Å². The molecule has 0 spiro atoms. The van der Waals surface area contributed by atoms with Crippen molar-refractivity contribution in [2.75, 3.05) is 25.3 Å². The molecule has 3 aromatic carbocycles. The molecule has 0 atom stereocenters. The number of carbonyl (C=O) groups is 2. The molecule has 1 heterocycles. The normalized spacial score (nSPS) is 10.6. The number of rotatable bonds is 10. The molecular formula is C28H29N5O4S. The minimum absolute atomic E-state index is 0.107. The number of aryl methyl sites for hydroxylation is 2. The van der Waals surface area contributed by atoms with Gasteiger partial charge in [-0.05, 0) is 61.4 Å². The van der Waals surface area contributed by atoms with Crippen LogP contribution in [0.1, 0.15) is 27.3 Å². The average molecular weight is 532 g/mol. The smallest absolute Gasteiger partial charge is 0.251 e. The zero-order valence-corrected chi connectivity index (χ0v) is 22.5. The van der Waals surface area contributed by atoms with E-state index in [1.54, 1.807) is 43.1 Å². The maximum atomic E-state index is 12.8. The quantitative estimate of drug-likeness (QED) is 0.289. The van der Waals surface area contributed by atoms with Gasteiger partial charge in [0.15, 0.2) is 11.0 Å². The van der Waals surface area contributed by atoms with Gasteiger partial charge in [-0.1, -0.05) is 42.1 Å². The van der Waals surface area contributed by atoms with Gasteiger partial charge in [0.25, 0.3) is 5.91 Å². The van der Waals surface area contributed by atoms with Gasteiger partial charge in [-0.25, -0.2) is 0 Å². The summed E-state index contributed by atoms with van der Waals surface area (Å²) in [4.78, 5) is 25.6. The van der Waals surface area contributed by atoms with Crippen LogP contribution in [0.2, 0.25) is 0 Å². The summed E-state index contributed by atoms with van der Waals surface area (Å²) in [5.41, 5.74) is 3.99. The molecule has 2 amide bonds. The molecule has 2 N–H and O–H groups in total. The molecule has 0 saturated carbocycles. The Morgan fingerprint density at radius 3 is 2.55 bits per heavy atom. The van der Waals surface area contributed by atoms with Crippen molar-refractivity contribution in [1.29, 1.82) is 0 Å². The van der Waals surface area contributed by atoms with Crippen LogP contribution < -0.4 is 20.1 Å². The van der Waals surface area contributed by atoms with Gasteiger partial charge >= 0.3 is 0 Å². The number of nitrogens with one attached hydrogen (secondary N) is 2. The van der Waals surface area contributed by atoms with Crippen molar-refractivity contribution in [3.8, 4) is 17.2 Å². The lowest BCUT2D eigenvalue weighted by Crippen LogP contribution is -2.24. The lowest BCUT2D eigenvalue weighted by atomic mass is 10.1. The summed E-state index contributed by atoms with van der Waals surface area (Å²) < 4.78 is 12.6. The number of thioether (sulfide) groups is 1. The fourth-order valence-corrected chi connectivity index (χ4v) is 4.54. The third kappa shape index (κ3) is 6.33. The van der Waals surface area contributed by atoms with E-state index in [-0.39, 0.29) is 24.1 Å². The fraction of sp³-hybridized carbons (Fsp3) is 0.214. The summed E-state index contributed by atoms with van der Waals surface area (Å²) in [6, 6.07) is 20.3. The number of amides is 2. The van der Waals surface area contributed by atoms with Crippen molar-refractivity contribution in [2.45, 2.75) is 25.5 Å². The topological polar surface area (TPSA) is 107 Å². The van der Waals surface area contributed by atoms with Crippen LogP contribution in [0.5, 0.6) is 11.5 Å². The van der Waals surface area contributed by atoms with E-state index < -0.39 is 0 Å². The Bertz CT molecular complexity index is 1450. The minimum Gasteiger partial charge on any atom is -0.497 e. The van der Waals surface area contributed by atoms with Gasteiger partial charge in [0.1, 0.15) is 11.5 Å². The molecule has 9 nitrogen and oxygen atoms in total. The van der Waals surface area contributed by atoms with Crippen molar-refractivity contribution in [3.05, 3.63) is 89.2 Å². The summed E-state index contributed by atoms with van der Waals surface area (Å²) in [5, 5.41) is 15.0. The molecule has 0 unspecified atom stereocenters. The second-order valence-corrected chi connectivity index (χ2v) is 9.42. The number of ether oxygens (including phenoxy) is 2. The summed E-state index contributed by atoms with van der Waals surface area (Å²) in [6.45, 7) is 4.04. The predicted molar refractivity (Wildman–Crippen MR) is 147 cm³/mol. The van der Waals surface area contributed by atoms with Crippen LogP contribution in [0.4, 0.5) is 5.69 Å². The van der Waals surface area contributed by atoms with Crippen LogP contribution in [0, 0.1) is 13.8 Å². The monoisotopic (exact) mass is 531 g/mol. The van der Waals surface area contributed by atoms with Crippen molar-refractivity contribution < 1.29 is 19.1 Å². The van der Waals surface area contributed by atoms with E-state index >= 15 is 0 Å². The Labute approximate surface area is 225 Å². The molecule has 4 aromatic rings. The number of anilines is 1. The average Bonchev–Trinajstić information content (AvgIpc) is 3.35. The Balaban J connectivity index is 1.55. The largest absolute Gasteiger partial charge is 0.497 e. The Morgan fingerprint density at radius 1 is 0.947 bits per heavy atom. The zero-order chi connectivity index (χ0) is 27.1. The van der Waals surface area contributed by atoms with Crippen molar-refractivity contribution in [1.82, 2.24) is 20.1 Å². The molecule has 1 aromatic heterocycles. The summed E-state index contributed by atoms with van der Waals surface area (Å²) in [6.07, 6.45) is 0. The van der Waals surface area contributed by atoms with Crippen LogP contribution in [0.25, 0.3) is 5.69 Å². The molecule has 10 heteroatoms. The van der Waals surface area contributed by atoms with E-state index in [1.165, 1.54) is 11.8 Å². The van der Waals surface area contributed by atoms with Gasteiger partial charge in [0.05, 0.1) is 32.2 Å². The lowest BCUT2D eigenvalue weighted by Gasteiger charge is -2.14. The molecule has 0 aliphatic rings. The maximum Gasteiger partial charge on any atom is 0.251 e. The molecule has 38 heavy (non-hydrogen) atoms. The Hall–Kier alpha value is -4.31. The van der Waals surface area contributed by atoms with Crippen molar-refractivity contribution in [2.24, 2.45) is 0 Å². The van der Waals surface area contributed by atoms with Crippen molar-refractivity contribution in [3.63, 3.8) is 0 Å². The van der Waals surface area contributed by atoms with E-state index in [4.69, 9.17) is 9.47 Å².